The van der Waals surface area contributed by atoms with Crippen LogP contribution in [0.4, 0.5) is 0 Å². The lowest BCUT2D eigenvalue weighted by Gasteiger charge is -2.10. The number of esters is 2. The van der Waals surface area contributed by atoms with Crippen LogP contribution in [0.25, 0.3) is 6.08 Å². The smallest absolute Gasteiger partial charge is 0.363 e. The molecule has 0 atom stereocenters. The van der Waals surface area contributed by atoms with Gasteiger partial charge in [-0.25, -0.2) is 14.6 Å². The Kier molecular flexibility index (Phi) is 6.86. The molecular formula is C25H17Cl2NO6. The summed E-state index contributed by atoms with van der Waals surface area (Å²) in [6.45, 7) is 0. The average molecular weight is 498 g/mol. The highest BCUT2D eigenvalue weighted by Crippen LogP contribution is 2.31. The molecule has 0 saturated carbocycles. The van der Waals surface area contributed by atoms with Gasteiger partial charge < -0.3 is 18.9 Å². The molecule has 0 saturated heterocycles. The Morgan fingerprint density at radius 1 is 0.882 bits per heavy atom. The van der Waals surface area contributed by atoms with Crippen molar-refractivity contribution in [1.82, 2.24) is 0 Å². The first-order chi connectivity index (χ1) is 16.4. The Bertz CT molecular complexity index is 1330. The van der Waals surface area contributed by atoms with Gasteiger partial charge in [-0.1, -0.05) is 29.3 Å². The number of cyclic esters (lactones) is 1. The van der Waals surface area contributed by atoms with Gasteiger partial charge in [-0.05, 0) is 66.2 Å². The highest BCUT2D eigenvalue weighted by atomic mass is 35.5. The summed E-state index contributed by atoms with van der Waals surface area (Å²) in [5, 5.41) is 0.956. The third-order valence-corrected chi connectivity index (χ3v) is 5.27. The summed E-state index contributed by atoms with van der Waals surface area (Å²) in [4.78, 5) is 29.1. The molecule has 0 bridgehead atoms. The zero-order valence-corrected chi connectivity index (χ0v) is 19.5. The summed E-state index contributed by atoms with van der Waals surface area (Å²) in [5.41, 5.74) is 1.45. The Balaban J connectivity index is 1.59. The lowest BCUT2D eigenvalue weighted by molar-refractivity contribution is -0.129. The fourth-order valence-electron chi connectivity index (χ4n) is 3.13. The van der Waals surface area contributed by atoms with Crippen LogP contribution in [-0.4, -0.2) is 32.1 Å². The molecule has 9 heteroatoms. The van der Waals surface area contributed by atoms with Crippen LogP contribution in [0.5, 0.6) is 17.2 Å². The van der Waals surface area contributed by atoms with Crippen LogP contribution >= 0.6 is 23.2 Å². The van der Waals surface area contributed by atoms with Crippen molar-refractivity contribution in [2.24, 2.45) is 4.99 Å². The van der Waals surface area contributed by atoms with E-state index in [1.54, 1.807) is 60.7 Å². The van der Waals surface area contributed by atoms with Gasteiger partial charge in [0.2, 0.25) is 5.90 Å². The zero-order chi connectivity index (χ0) is 24.2. The van der Waals surface area contributed by atoms with Gasteiger partial charge in [-0.3, -0.25) is 0 Å². The zero-order valence-electron chi connectivity index (χ0n) is 18.0. The fourth-order valence-corrected chi connectivity index (χ4v) is 3.43. The van der Waals surface area contributed by atoms with E-state index in [2.05, 4.69) is 4.99 Å². The number of ether oxygens (including phenoxy) is 4. The minimum absolute atomic E-state index is 0.0741. The molecule has 1 aliphatic heterocycles. The van der Waals surface area contributed by atoms with Gasteiger partial charge in [0.1, 0.15) is 5.75 Å². The highest BCUT2D eigenvalue weighted by molar-refractivity contribution is 6.31. The van der Waals surface area contributed by atoms with Gasteiger partial charge >= 0.3 is 11.9 Å². The molecule has 0 fully saturated rings. The summed E-state index contributed by atoms with van der Waals surface area (Å²) < 4.78 is 21.4. The predicted octanol–water partition coefficient (Wildman–Crippen LogP) is 5.57. The molecule has 34 heavy (non-hydrogen) atoms. The molecule has 1 aliphatic rings. The number of nitrogens with zero attached hydrogens (tertiary/aromatic N) is 1. The molecular weight excluding hydrogens is 481 g/mol. The number of carbonyl (C=O) groups excluding carboxylic acids is 2. The van der Waals surface area contributed by atoms with Gasteiger partial charge in [-0.15, -0.1) is 0 Å². The summed E-state index contributed by atoms with van der Waals surface area (Å²) in [7, 11) is 2.94. The van der Waals surface area contributed by atoms with Crippen LogP contribution in [0.1, 0.15) is 21.5 Å². The van der Waals surface area contributed by atoms with Crippen molar-refractivity contribution in [2.45, 2.75) is 0 Å². The molecule has 0 aromatic heterocycles. The van der Waals surface area contributed by atoms with E-state index >= 15 is 0 Å². The number of rotatable bonds is 6. The van der Waals surface area contributed by atoms with Crippen molar-refractivity contribution in [3.05, 3.63) is 93.1 Å². The lowest BCUT2D eigenvalue weighted by atomic mass is 10.1. The fraction of sp³-hybridized carbons (Fsp3) is 0.0800. The van der Waals surface area contributed by atoms with Gasteiger partial charge in [0.15, 0.2) is 17.2 Å². The third kappa shape index (κ3) is 5.06. The van der Waals surface area contributed by atoms with Gasteiger partial charge in [-0.2, -0.15) is 0 Å². The average Bonchev–Trinajstić information content (AvgIpc) is 3.20. The number of aliphatic imine (C=N–C) groups is 1. The number of halogens is 2. The molecule has 0 aliphatic carbocycles. The number of benzene rings is 3. The molecule has 4 rings (SSSR count). The molecule has 3 aromatic carbocycles. The number of hydrogen-bond donors (Lipinski definition) is 0. The maximum atomic E-state index is 12.4. The third-order valence-electron chi connectivity index (χ3n) is 4.79. The molecule has 0 spiro atoms. The summed E-state index contributed by atoms with van der Waals surface area (Å²) >= 11 is 11.9. The largest absolute Gasteiger partial charge is 0.496 e. The van der Waals surface area contributed by atoms with Crippen LogP contribution < -0.4 is 14.2 Å². The van der Waals surface area contributed by atoms with Gasteiger partial charge in [0, 0.05) is 10.0 Å². The number of methoxy groups -OCH3 is 2. The maximum absolute atomic E-state index is 12.4. The van der Waals surface area contributed by atoms with Crippen LogP contribution in [0.15, 0.2) is 71.4 Å². The van der Waals surface area contributed by atoms with Crippen molar-refractivity contribution in [3.63, 3.8) is 0 Å². The first-order valence-electron chi connectivity index (χ1n) is 9.90. The van der Waals surface area contributed by atoms with Crippen LogP contribution in [0.2, 0.25) is 10.0 Å². The van der Waals surface area contributed by atoms with E-state index in [9.17, 15) is 9.59 Å². The molecule has 1 heterocycles. The van der Waals surface area contributed by atoms with Crippen molar-refractivity contribution in [1.29, 1.82) is 0 Å². The van der Waals surface area contributed by atoms with E-state index in [-0.39, 0.29) is 17.3 Å². The second-order valence-electron chi connectivity index (χ2n) is 6.99. The SMILES string of the molecule is COc1cc(/C=C2/N=C(c3cc(Cl)ccc3OC)OC2=O)ccc1OC(=O)c1ccc(Cl)cc1. The van der Waals surface area contributed by atoms with Gasteiger partial charge in [0.25, 0.3) is 0 Å². The molecule has 0 radical (unpaired) electrons. The summed E-state index contributed by atoms with van der Waals surface area (Å²) in [5.74, 6) is -0.142. The van der Waals surface area contributed by atoms with Crippen LogP contribution in [0.3, 0.4) is 0 Å². The molecule has 7 nitrogen and oxygen atoms in total. The molecule has 3 aromatic rings. The second kappa shape index (κ2) is 9.99. The first-order valence-corrected chi connectivity index (χ1v) is 10.7. The maximum Gasteiger partial charge on any atom is 0.363 e. The summed E-state index contributed by atoms with van der Waals surface area (Å²) in [6, 6.07) is 16.1. The van der Waals surface area contributed by atoms with Crippen LogP contribution in [-0.2, 0) is 9.53 Å². The van der Waals surface area contributed by atoms with Crippen molar-refractivity contribution >= 4 is 47.1 Å². The van der Waals surface area contributed by atoms with Crippen molar-refractivity contribution < 1.29 is 28.5 Å². The number of hydrogen-bond acceptors (Lipinski definition) is 7. The van der Waals surface area contributed by atoms with Crippen LogP contribution in [0, 0.1) is 0 Å². The highest BCUT2D eigenvalue weighted by Gasteiger charge is 2.26. The molecule has 0 unspecified atom stereocenters. The minimum atomic E-state index is -0.630. The molecule has 0 amide bonds. The first kappa shape index (κ1) is 23.4. The Morgan fingerprint density at radius 2 is 1.56 bits per heavy atom. The Hall–Kier alpha value is -3.81. The van der Waals surface area contributed by atoms with Crippen molar-refractivity contribution in [2.75, 3.05) is 14.2 Å². The second-order valence-corrected chi connectivity index (χ2v) is 7.86. The Morgan fingerprint density at radius 3 is 2.26 bits per heavy atom. The van der Waals surface area contributed by atoms with E-state index in [4.69, 9.17) is 42.1 Å². The lowest BCUT2D eigenvalue weighted by Crippen LogP contribution is -2.09. The molecule has 172 valence electrons. The quantitative estimate of drug-likeness (QED) is 0.251. The van der Waals surface area contributed by atoms with E-state index in [1.165, 1.54) is 20.3 Å². The minimum Gasteiger partial charge on any atom is -0.496 e. The predicted molar refractivity (Wildman–Crippen MR) is 128 cm³/mol. The normalized spacial score (nSPS) is 13.9. The van der Waals surface area contributed by atoms with E-state index in [0.29, 0.717) is 38.2 Å². The van der Waals surface area contributed by atoms with Gasteiger partial charge in [0.05, 0.1) is 25.3 Å². The van der Waals surface area contributed by atoms with E-state index < -0.39 is 11.9 Å². The van der Waals surface area contributed by atoms with Crippen molar-refractivity contribution in [3.8, 4) is 17.2 Å². The number of carbonyl (C=O) groups is 2. The van der Waals surface area contributed by atoms with E-state index in [1.807, 2.05) is 0 Å². The van der Waals surface area contributed by atoms with E-state index in [0.717, 1.165) is 0 Å². The molecule has 0 N–H and O–H groups in total. The topological polar surface area (TPSA) is 83.4 Å². The summed E-state index contributed by atoms with van der Waals surface area (Å²) in [6.07, 6.45) is 1.53. The monoisotopic (exact) mass is 497 g/mol. The Labute approximate surface area is 205 Å². The standard InChI is InChI=1S/C25H17Cl2NO6/c1-31-20-10-8-17(27)13-18(20)23-28-19(25(30)34-23)11-14-3-9-21(22(12-14)32-2)33-24(29)15-4-6-16(26)7-5-15/h3-13H,1-2H3/b19-11+.